The maximum absolute atomic E-state index is 13.4. The standard InChI is InChI=1S/C26H27BrN4O2.ClH/c27-21-11-12-23-22(16-21)26(33)31(17-24(32)29-14-6-2-1-5-13-28)25(30-23)20-10-9-18-7-3-4-8-19(18)15-20;/h3-4,7-12,15-16H,1-2,5-6,13-14,17,28H2,(H,29,32);1H. The van der Waals surface area contributed by atoms with E-state index in [0.717, 1.165) is 46.5 Å². The summed E-state index contributed by atoms with van der Waals surface area (Å²) in [7, 11) is 0. The second kappa shape index (κ2) is 12.1. The molecular weight excluding hydrogens is 516 g/mol. The highest BCUT2D eigenvalue weighted by molar-refractivity contribution is 9.10. The van der Waals surface area contributed by atoms with E-state index < -0.39 is 0 Å². The molecule has 0 aliphatic rings. The van der Waals surface area contributed by atoms with Crippen LogP contribution in [0.3, 0.4) is 0 Å². The number of carbonyl (C=O) groups excluding carboxylic acids is 1. The van der Waals surface area contributed by atoms with E-state index in [-0.39, 0.29) is 30.4 Å². The Morgan fingerprint density at radius 2 is 1.74 bits per heavy atom. The van der Waals surface area contributed by atoms with Crippen molar-refractivity contribution in [3.63, 3.8) is 0 Å². The van der Waals surface area contributed by atoms with E-state index in [0.29, 0.717) is 29.8 Å². The van der Waals surface area contributed by atoms with Crippen molar-refractivity contribution in [2.24, 2.45) is 5.73 Å². The molecule has 0 saturated heterocycles. The summed E-state index contributed by atoms with van der Waals surface area (Å²) >= 11 is 3.43. The van der Waals surface area contributed by atoms with Gasteiger partial charge in [-0.1, -0.05) is 65.2 Å². The van der Waals surface area contributed by atoms with E-state index in [1.165, 1.54) is 4.57 Å². The topological polar surface area (TPSA) is 90.0 Å². The molecule has 0 aliphatic carbocycles. The first-order chi connectivity index (χ1) is 16.1. The number of rotatable bonds is 9. The average Bonchev–Trinajstić information content (AvgIpc) is 2.83. The largest absolute Gasteiger partial charge is 0.355 e. The monoisotopic (exact) mass is 542 g/mol. The van der Waals surface area contributed by atoms with Gasteiger partial charge in [0.05, 0.1) is 10.9 Å². The smallest absolute Gasteiger partial charge is 0.262 e. The van der Waals surface area contributed by atoms with Crippen LogP contribution in [0.1, 0.15) is 25.7 Å². The predicted octanol–water partition coefficient (Wildman–Crippen LogP) is 5.04. The van der Waals surface area contributed by atoms with E-state index in [9.17, 15) is 9.59 Å². The predicted molar refractivity (Wildman–Crippen MR) is 144 cm³/mol. The highest BCUT2D eigenvalue weighted by Crippen LogP contribution is 2.25. The Hall–Kier alpha value is -2.74. The zero-order valence-corrected chi connectivity index (χ0v) is 21.2. The quantitative estimate of drug-likeness (QED) is 0.290. The molecule has 34 heavy (non-hydrogen) atoms. The first-order valence-electron chi connectivity index (χ1n) is 11.2. The summed E-state index contributed by atoms with van der Waals surface area (Å²) in [5.41, 5.74) is 6.68. The maximum Gasteiger partial charge on any atom is 0.262 e. The molecule has 0 saturated carbocycles. The van der Waals surface area contributed by atoms with Gasteiger partial charge in [0.1, 0.15) is 12.4 Å². The second-order valence-electron chi connectivity index (χ2n) is 8.10. The van der Waals surface area contributed by atoms with E-state index in [4.69, 9.17) is 10.7 Å². The lowest BCUT2D eigenvalue weighted by atomic mass is 10.1. The lowest BCUT2D eigenvalue weighted by molar-refractivity contribution is -0.121. The van der Waals surface area contributed by atoms with Crippen LogP contribution in [0.2, 0.25) is 0 Å². The molecule has 178 valence electrons. The molecule has 0 bridgehead atoms. The molecule has 8 heteroatoms. The third kappa shape index (κ3) is 6.03. The van der Waals surface area contributed by atoms with Crippen LogP contribution in [0.4, 0.5) is 0 Å². The van der Waals surface area contributed by atoms with Crippen molar-refractivity contribution in [3.8, 4) is 11.4 Å². The fourth-order valence-corrected chi connectivity index (χ4v) is 4.30. The van der Waals surface area contributed by atoms with Gasteiger partial charge in [-0.25, -0.2) is 4.98 Å². The number of nitrogens with one attached hydrogen (secondary N) is 1. The number of hydrogen-bond donors (Lipinski definition) is 2. The molecule has 1 aromatic heterocycles. The number of nitrogens with zero attached hydrogens (tertiary/aromatic N) is 2. The molecule has 6 nitrogen and oxygen atoms in total. The molecule has 0 aliphatic heterocycles. The van der Waals surface area contributed by atoms with Crippen LogP contribution in [0.5, 0.6) is 0 Å². The number of carbonyl (C=O) groups is 1. The van der Waals surface area contributed by atoms with Crippen LogP contribution in [0.15, 0.2) is 69.9 Å². The summed E-state index contributed by atoms with van der Waals surface area (Å²) in [6.07, 6.45) is 3.96. The Morgan fingerprint density at radius 3 is 2.53 bits per heavy atom. The van der Waals surface area contributed by atoms with Crippen molar-refractivity contribution < 1.29 is 4.79 Å². The summed E-state index contributed by atoms with van der Waals surface area (Å²) in [6.45, 7) is 1.19. The summed E-state index contributed by atoms with van der Waals surface area (Å²) in [6, 6.07) is 19.4. The molecule has 4 rings (SSSR count). The molecule has 3 N–H and O–H groups in total. The van der Waals surface area contributed by atoms with Crippen molar-refractivity contribution in [2.75, 3.05) is 13.1 Å². The van der Waals surface area contributed by atoms with E-state index in [1.54, 1.807) is 6.07 Å². The van der Waals surface area contributed by atoms with Crippen molar-refractivity contribution in [1.82, 2.24) is 14.9 Å². The Bertz CT molecular complexity index is 1360. The van der Waals surface area contributed by atoms with Crippen molar-refractivity contribution in [2.45, 2.75) is 32.2 Å². The first-order valence-corrected chi connectivity index (χ1v) is 12.0. The molecule has 0 unspecified atom stereocenters. The van der Waals surface area contributed by atoms with Crippen LogP contribution in [0.25, 0.3) is 33.1 Å². The number of amides is 1. The van der Waals surface area contributed by atoms with Gasteiger partial charge in [-0.3, -0.25) is 14.2 Å². The van der Waals surface area contributed by atoms with Crippen LogP contribution < -0.4 is 16.6 Å². The minimum absolute atomic E-state index is 0. The molecule has 0 spiro atoms. The van der Waals surface area contributed by atoms with Crippen LogP contribution >= 0.6 is 28.3 Å². The number of fused-ring (bicyclic) bond motifs is 2. The van der Waals surface area contributed by atoms with Gasteiger partial charge in [0.25, 0.3) is 5.56 Å². The van der Waals surface area contributed by atoms with Crippen molar-refractivity contribution in [1.29, 1.82) is 0 Å². The summed E-state index contributed by atoms with van der Waals surface area (Å²) < 4.78 is 2.27. The third-order valence-corrected chi connectivity index (χ3v) is 6.17. The third-order valence-electron chi connectivity index (χ3n) is 5.68. The zero-order valence-electron chi connectivity index (χ0n) is 18.8. The molecule has 0 radical (unpaired) electrons. The lowest BCUT2D eigenvalue weighted by Crippen LogP contribution is -2.34. The lowest BCUT2D eigenvalue weighted by Gasteiger charge is -2.14. The molecule has 1 heterocycles. The van der Waals surface area contributed by atoms with Crippen molar-refractivity contribution in [3.05, 3.63) is 75.5 Å². The first kappa shape index (κ1) is 25.9. The number of halogens is 2. The van der Waals surface area contributed by atoms with E-state index in [1.807, 2.05) is 54.6 Å². The van der Waals surface area contributed by atoms with Gasteiger partial charge in [-0.2, -0.15) is 0 Å². The van der Waals surface area contributed by atoms with Gasteiger partial charge in [0.2, 0.25) is 5.91 Å². The number of aromatic nitrogens is 2. The average molecular weight is 544 g/mol. The summed E-state index contributed by atoms with van der Waals surface area (Å²) in [5.74, 6) is 0.285. The van der Waals surface area contributed by atoms with Gasteiger partial charge in [-0.05, 0) is 54.4 Å². The number of nitrogens with two attached hydrogens (primary N) is 1. The van der Waals surface area contributed by atoms with Gasteiger partial charge >= 0.3 is 0 Å². The maximum atomic E-state index is 13.4. The summed E-state index contributed by atoms with van der Waals surface area (Å²) in [4.78, 5) is 30.9. The zero-order chi connectivity index (χ0) is 23.2. The minimum atomic E-state index is -0.234. The highest BCUT2D eigenvalue weighted by Gasteiger charge is 2.16. The molecule has 0 atom stereocenters. The van der Waals surface area contributed by atoms with Gasteiger partial charge < -0.3 is 11.1 Å². The Kier molecular flexibility index (Phi) is 9.21. The van der Waals surface area contributed by atoms with Crippen molar-refractivity contribution >= 4 is 55.9 Å². The van der Waals surface area contributed by atoms with Gasteiger partial charge in [0.15, 0.2) is 0 Å². The molecule has 4 aromatic rings. The Balaban J connectivity index is 0.00000324. The van der Waals surface area contributed by atoms with Crippen LogP contribution in [-0.4, -0.2) is 28.5 Å². The molecule has 0 fully saturated rings. The molecule has 3 aromatic carbocycles. The fraction of sp³-hybridized carbons (Fsp3) is 0.269. The normalized spacial score (nSPS) is 10.9. The van der Waals surface area contributed by atoms with E-state index >= 15 is 0 Å². The molecule has 1 amide bonds. The highest BCUT2D eigenvalue weighted by atomic mass is 79.9. The SMILES string of the molecule is Cl.NCCCCCCNC(=O)Cn1c(-c2ccc3ccccc3c2)nc2ccc(Br)cc2c1=O. The molecular formula is C26H28BrClN4O2. The van der Waals surface area contributed by atoms with Gasteiger partial charge in [-0.15, -0.1) is 12.4 Å². The second-order valence-corrected chi connectivity index (χ2v) is 9.02. The fourth-order valence-electron chi connectivity index (χ4n) is 3.94. The number of unbranched alkanes of at least 4 members (excludes halogenated alkanes) is 3. The van der Waals surface area contributed by atoms with Crippen LogP contribution in [0, 0.1) is 0 Å². The number of benzene rings is 3. The van der Waals surface area contributed by atoms with E-state index in [2.05, 4.69) is 21.2 Å². The minimum Gasteiger partial charge on any atom is -0.355 e. The Morgan fingerprint density at radius 1 is 0.971 bits per heavy atom. The number of hydrogen-bond acceptors (Lipinski definition) is 4. The van der Waals surface area contributed by atoms with Gasteiger partial charge in [0, 0.05) is 16.6 Å². The van der Waals surface area contributed by atoms with Crippen LogP contribution in [-0.2, 0) is 11.3 Å². The Labute approximate surface area is 213 Å². The summed E-state index contributed by atoms with van der Waals surface area (Å²) in [5, 5.41) is 5.57.